The molecule has 5 nitrogen and oxygen atoms in total. The first-order valence-electron chi connectivity index (χ1n) is 12.6. The highest BCUT2D eigenvalue weighted by molar-refractivity contribution is 7.12. The molecule has 0 aliphatic heterocycles. The van der Waals surface area contributed by atoms with Gasteiger partial charge in [-0.2, -0.15) is 0 Å². The molecule has 5 rings (SSSR count). The maximum atomic E-state index is 13.9. The van der Waals surface area contributed by atoms with Gasteiger partial charge in [-0.05, 0) is 85.8 Å². The van der Waals surface area contributed by atoms with Crippen LogP contribution in [0.25, 0.3) is 11.1 Å². The highest BCUT2D eigenvalue weighted by Crippen LogP contribution is 2.59. The van der Waals surface area contributed by atoms with Crippen molar-refractivity contribution in [1.29, 1.82) is 0 Å². The van der Waals surface area contributed by atoms with Crippen LogP contribution in [0, 0.1) is 31.0 Å². The average Bonchev–Trinajstić information content (AvgIpc) is 3.11. The summed E-state index contributed by atoms with van der Waals surface area (Å²) in [5.41, 5.74) is 4.79. The number of thiophene rings is 1. The van der Waals surface area contributed by atoms with Crippen molar-refractivity contribution in [2.75, 3.05) is 14.2 Å². The number of carbonyl (C=O) groups excluding carboxylic acids is 2. The molecule has 1 spiro atoms. The Balaban J connectivity index is 1.25. The van der Waals surface area contributed by atoms with Crippen molar-refractivity contribution in [3.63, 3.8) is 0 Å². The van der Waals surface area contributed by atoms with E-state index in [0.29, 0.717) is 12.2 Å². The maximum absolute atomic E-state index is 13.9. The average molecular weight is 522 g/mol. The smallest absolute Gasteiger partial charge is 0.308 e. The Morgan fingerprint density at radius 3 is 2.35 bits per heavy atom. The van der Waals surface area contributed by atoms with E-state index >= 15 is 0 Å². The Bertz CT molecular complexity index is 1330. The first-order valence-corrected chi connectivity index (χ1v) is 13.4. The number of amides is 1. The quantitative estimate of drug-likeness (QED) is 0.374. The number of esters is 1. The molecule has 194 valence electrons. The van der Waals surface area contributed by atoms with Gasteiger partial charge in [0.05, 0.1) is 25.7 Å². The van der Waals surface area contributed by atoms with Crippen molar-refractivity contribution < 1.29 is 23.5 Å². The number of ether oxygens (including phenoxy) is 2. The van der Waals surface area contributed by atoms with Gasteiger partial charge in [0.25, 0.3) is 5.91 Å². The molecule has 3 aromatic rings. The summed E-state index contributed by atoms with van der Waals surface area (Å²) < 4.78 is 24.0. The fourth-order valence-electron chi connectivity index (χ4n) is 6.10. The Labute approximate surface area is 221 Å². The first kappa shape index (κ1) is 25.5. The van der Waals surface area contributed by atoms with E-state index < -0.39 is 0 Å². The van der Waals surface area contributed by atoms with Crippen LogP contribution in [0.1, 0.15) is 56.9 Å². The van der Waals surface area contributed by atoms with Crippen LogP contribution in [0.3, 0.4) is 0 Å². The molecular weight excluding hydrogens is 489 g/mol. The fraction of sp³-hybridized carbons (Fsp3) is 0.400. The zero-order valence-electron chi connectivity index (χ0n) is 21.7. The number of benzene rings is 2. The van der Waals surface area contributed by atoms with Crippen LogP contribution in [0.15, 0.2) is 42.5 Å². The number of hydrogen-bond acceptors (Lipinski definition) is 5. The van der Waals surface area contributed by atoms with E-state index in [1.165, 1.54) is 26.4 Å². The van der Waals surface area contributed by atoms with Crippen LogP contribution >= 0.6 is 11.3 Å². The molecule has 0 atom stereocenters. The van der Waals surface area contributed by atoms with Crippen molar-refractivity contribution in [3.05, 3.63) is 74.7 Å². The standard InChI is InChI=1S/C30H32FNO4S/c1-17-26(9-19-5-7-20(8-6-19)21-10-23(31)12-25(11-21)35-3)27(18(2)37-17)28(33)32-24-15-30(16-24)13-22(14-30)29(34)36-4/h5-8,10-12,22,24H,9,13-16H2,1-4H3,(H,32,33)/t22-,24-,30?. The summed E-state index contributed by atoms with van der Waals surface area (Å²) in [6.45, 7) is 4.07. The molecule has 0 radical (unpaired) electrons. The monoisotopic (exact) mass is 521 g/mol. The van der Waals surface area contributed by atoms with Gasteiger partial charge in [-0.1, -0.05) is 24.3 Å². The Morgan fingerprint density at radius 1 is 1.00 bits per heavy atom. The minimum absolute atomic E-state index is 0.0102. The topological polar surface area (TPSA) is 64.6 Å². The van der Waals surface area contributed by atoms with E-state index in [1.54, 1.807) is 11.3 Å². The SMILES string of the molecule is COc1cc(F)cc(-c2ccc(Cc3c(C)sc(C)c3C(=O)N[C@H]3CC4(C3)C[C@H](C(=O)OC)C4)cc2)c1. The molecule has 7 heteroatoms. The molecule has 0 saturated heterocycles. The van der Waals surface area contributed by atoms with Gasteiger partial charge >= 0.3 is 5.97 Å². The summed E-state index contributed by atoms with van der Waals surface area (Å²) in [5.74, 6) is 0.0395. The van der Waals surface area contributed by atoms with Gasteiger partial charge in [-0.3, -0.25) is 9.59 Å². The molecule has 1 aromatic heterocycles. The lowest BCUT2D eigenvalue weighted by molar-refractivity contribution is -0.159. The number of rotatable bonds is 7. The third-order valence-electron chi connectivity index (χ3n) is 7.97. The molecule has 2 aliphatic rings. The zero-order valence-corrected chi connectivity index (χ0v) is 22.5. The molecule has 1 heterocycles. The highest BCUT2D eigenvalue weighted by Gasteiger charge is 2.55. The molecule has 37 heavy (non-hydrogen) atoms. The number of carbonyl (C=O) groups is 2. The summed E-state index contributed by atoms with van der Waals surface area (Å²) in [5, 5.41) is 3.25. The largest absolute Gasteiger partial charge is 0.497 e. The Hall–Kier alpha value is -3.19. The lowest BCUT2D eigenvalue weighted by Gasteiger charge is -2.56. The van der Waals surface area contributed by atoms with Gasteiger partial charge in [0.1, 0.15) is 11.6 Å². The van der Waals surface area contributed by atoms with E-state index in [9.17, 15) is 14.0 Å². The molecule has 2 aliphatic carbocycles. The molecule has 0 unspecified atom stereocenters. The van der Waals surface area contributed by atoms with Crippen molar-refractivity contribution in [3.8, 4) is 16.9 Å². The van der Waals surface area contributed by atoms with E-state index in [-0.39, 0.29) is 35.1 Å². The third-order valence-corrected chi connectivity index (χ3v) is 9.04. The highest BCUT2D eigenvalue weighted by atomic mass is 32.1. The van der Waals surface area contributed by atoms with Gasteiger partial charge in [-0.15, -0.1) is 11.3 Å². The molecule has 2 saturated carbocycles. The van der Waals surface area contributed by atoms with Crippen molar-refractivity contribution in [2.45, 2.75) is 52.0 Å². The second kappa shape index (κ2) is 9.93. The zero-order chi connectivity index (χ0) is 26.3. The first-order chi connectivity index (χ1) is 17.7. The second-order valence-corrected chi connectivity index (χ2v) is 12.0. The summed E-state index contributed by atoms with van der Waals surface area (Å²) in [6, 6.07) is 12.8. The Morgan fingerprint density at radius 2 is 1.70 bits per heavy atom. The maximum Gasteiger partial charge on any atom is 0.308 e. The normalized spacial score (nSPS) is 22.2. The molecule has 2 aromatic carbocycles. The van der Waals surface area contributed by atoms with Crippen LogP contribution in [0.5, 0.6) is 5.75 Å². The number of methoxy groups -OCH3 is 2. The number of aryl methyl sites for hydroxylation is 2. The predicted molar refractivity (Wildman–Crippen MR) is 143 cm³/mol. The number of hydrogen-bond donors (Lipinski definition) is 1. The van der Waals surface area contributed by atoms with Crippen molar-refractivity contribution >= 4 is 23.2 Å². The molecule has 1 amide bonds. The molecular formula is C30H32FNO4S. The molecule has 1 N–H and O–H groups in total. The summed E-state index contributed by atoms with van der Waals surface area (Å²) in [7, 11) is 2.97. The Kier molecular flexibility index (Phi) is 6.84. The van der Waals surface area contributed by atoms with Crippen LogP contribution < -0.4 is 10.1 Å². The van der Waals surface area contributed by atoms with Crippen molar-refractivity contribution in [1.82, 2.24) is 5.32 Å². The van der Waals surface area contributed by atoms with E-state index in [2.05, 4.69) is 12.2 Å². The minimum Gasteiger partial charge on any atom is -0.497 e. The fourth-order valence-corrected chi connectivity index (χ4v) is 7.18. The van der Waals surface area contributed by atoms with Gasteiger partial charge < -0.3 is 14.8 Å². The third kappa shape index (κ3) is 5.01. The van der Waals surface area contributed by atoms with Gasteiger partial charge in [0.15, 0.2) is 0 Å². The van der Waals surface area contributed by atoms with Crippen LogP contribution in [-0.4, -0.2) is 32.1 Å². The van der Waals surface area contributed by atoms with E-state index in [4.69, 9.17) is 9.47 Å². The predicted octanol–water partition coefficient (Wildman–Crippen LogP) is 6.23. The van der Waals surface area contributed by atoms with E-state index in [0.717, 1.165) is 63.3 Å². The van der Waals surface area contributed by atoms with Crippen LogP contribution in [0.4, 0.5) is 4.39 Å². The number of nitrogens with one attached hydrogen (secondary N) is 1. The lowest BCUT2D eigenvalue weighted by atomic mass is 9.50. The van der Waals surface area contributed by atoms with Gasteiger partial charge in [0.2, 0.25) is 0 Å². The summed E-state index contributed by atoms with van der Waals surface area (Å²) >= 11 is 1.66. The van der Waals surface area contributed by atoms with Gasteiger partial charge in [-0.25, -0.2) is 4.39 Å². The summed E-state index contributed by atoms with van der Waals surface area (Å²) in [4.78, 5) is 27.2. The van der Waals surface area contributed by atoms with Gasteiger partial charge in [0, 0.05) is 21.9 Å². The van der Waals surface area contributed by atoms with Crippen LogP contribution in [-0.2, 0) is 16.0 Å². The molecule has 2 fully saturated rings. The molecule has 0 bridgehead atoms. The summed E-state index contributed by atoms with van der Waals surface area (Å²) in [6.07, 6.45) is 4.24. The number of halogens is 1. The lowest BCUT2D eigenvalue weighted by Crippen LogP contribution is -2.57. The van der Waals surface area contributed by atoms with E-state index in [1.807, 2.05) is 37.3 Å². The van der Waals surface area contributed by atoms with Crippen LogP contribution in [0.2, 0.25) is 0 Å². The second-order valence-electron chi connectivity index (χ2n) is 10.5. The minimum atomic E-state index is -0.337. The van der Waals surface area contributed by atoms with Crippen molar-refractivity contribution in [2.24, 2.45) is 11.3 Å².